The van der Waals surface area contributed by atoms with Crippen LogP contribution in [0.1, 0.15) is 41.6 Å². The molecule has 0 atom stereocenters. The van der Waals surface area contributed by atoms with Gasteiger partial charge in [-0.3, -0.25) is 4.79 Å². The van der Waals surface area contributed by atoms with Gasteiger partial charge in [-0.05, 0) is 72.5 Å². The highest BCUT2D eigenvalue weighted by Gasteiger charge is 2.32. The molecule has 2 fully saturated rings. The van der Waals surface area contributed by atoms with Gasteiger partial charge in [0.2, 0.25) is 0 Å². The molecule has 2 saturated carbocycles. The summed E-state index contributed by atoms with van der Waals surface area (Å²) in [7, 11) is 0. The first-order chi connectivity index (χ1) is 9.13. The zero-order valence-electron chi connectivity index (χ0n) is 11.4. The van der Waals surface area contributed by atoms with Crippen LogP contribution in [0.5, 0.6) is 0 Å². The third-order valence-corrected chi connectivity index (χ3v) is 4.68. The second-order valence-electron chi connectivity index (χ2n) is 6.08. The van der Waals surface area contributed by atoms with Crippen LogP contribution in [0, 0.1) is 18.8 Å². The number of hydrogen-bond acceptors (Lipinski definition) is 1. The smallest absolute Gasteiger partial charge is 0.255 e. The lowest BCUT2D eigenvalue weighted by Crippen LogP contribution is -2.35. The molecule has 1 amide bonds. The molecule has 2 aliphatic carbocycles. The summed E-state index contributed by atoms with van der Waals surface area (Å²) in [5, 5.41) is 0. The van der Waals surface area contributed by atoms with E-state index in [1.54, 1.807) is 0 Å². The minimum absolute atomic E-state index is 0.203. The van der Waals surface area contributed by atoms with Crippen molar-refractivity contribution in [1.82, 2.24) is 4.90 Å². The molecule has 1 aromatic rings. The van der Waals surface area contributed by atoms with E-state index in [1.165, 1.54) is 25.7 Å². The molecule has 1 aromatic carbocycles. The van der Waals surface area contributed by atoms with Gasteiger partial charge < -0.3 is 4.90 Å². The number of nitrogens with zero attached hydrogens (tertiary/aromatic N) is 1. The molecule has 2 nitrogen and oxygen atoms in total. The second-order valence-corrected chi connectivity index (χ2v) is 6.93. The van der Waals surface area contributed by atoms with E-state index in [1.807, 2.05) is 25.1 Å². The Morgan fingerprint density at radius 2 is 1.79 bits per heavy atom. The van der Waals surface area contributed by atoms with E-state index in [2.05, 4.69) is 20.8 Å². The highest BCUT2D eigenvalue weighted by molar-refractivity contribution is 9.10. The second kappa shape index (κ2) is 5.28. The molecule has 19 heavy (non-hydrogen) atoms. The molecule has 3 heteroatoms. The fraction of sp³-hybridized carbons (Fsp3) is 0.562. The number of rotatable bonds is 5. The Bertz CT molecular complexity index is 478. The maximum absolute atomic E-state index is 12.7. The molecule has 102 valence electrons. The number of carbonyl (C=O) groups is 1. The van der Waals surface area contributed by atoms with Crippen molar-refractivity contribution in [3.05, 3.63) is 33.8 Å². The van der Waals surface area contributed by atoms with Gasteiger partial charge in [-0.2, -0.15) is 0 Å². The number of carbonyl (C=O) groups excluding carboxylic acids is 1. The van der Waals surface area contributed by atoms with Gasteiger partial charge in [0.15, 0.2) is 0 Å². The monoisotopic (exact) mass is 321 g/mol. The van der Waals surface area contributed by atoms with Gasteiger partial charge >= 0.3 is 0 Å². The number of hydrogen-bond donors (Lipinski definition) is 0. The quantitative estimate of drug-likeness (QED) is 0.802. The molecular formula is C16H20BrNO. The van der Waals surface area contributed by atoms with Gasteiger partial charge in [-0.25, -0.2) is 0 Å². The van der Waals surface area contributed by atoms with Crippen molar-refractivity contribution in [2.75, 3.05) is 13.1 Å². The molecule has 0 saturated heterocycles. The largest absolute Gasteiger partial charge is 0.338 e. The summed E-state index contributed by atoms with van der Waals surface area (Å²) in [5.74, 6) is 1.71. The van der Waals surface area contributed by atoms with Crippen molar-refractivity contribution in [3.63, 3.8) is 0 Å². The first-order valence-electron chi connectivity index (χ1n) is 7.19. The van der Waals surface area contributed by atoms with Crippen molar-refractivity contribution < 1.29 is 4.79 Å². The van der Waals surface area contributed by atoms with Gasteiger partial charge in [-0.1, -0.05) is 11.6 Å². The molecule has 0 aliphatic heterocycles. The zero-order valence-corrected chi connectivity index (χ0v) is 12.9. The third kappa shape index (κ3) is 3.38. The average molecular weight is 322 g/mol. The summed E-state index contributed by atoms with van der Waals surface area (Å²) in [6.07, 6.45) is 5.18. The molecule has 0 radical (unpaired) electrons. The molecule has 3 rings (SSSR count). The molecule has 0 unspecified atom stereocenters. The van der Waals surface area contributed by atoms with Crippen molar-refractivity contribution in [1.29, 1.82) is 0 Å². The predicted octanol–water partition coefficient (Wildman–Crippen LogP) is 4.02. The fourth-order valence-corrected chi connectivity index (χ4v) is 2.85. The molecule has 2 aliphatic rings. The zero-order chi connectivity index (χ0) is 13.4. The van der Waals surface area contributed by atoms with Crippen molar-refractivity contribution in [2.24, 2.45) is 11.8 Å². The summed E-state index contributed by atoms with van der Waals surface area (Å²) in [5.41, 5.74) is 1.96. The van der Waals surface area contributed by atoms with Crippen LogP contribution in [0.25, 0.3) is 0 Å². The van der Waals surface area contributed by atoms with Crippen LogP contribution in [0.4, 0.5) is 0 Å². The molecule has 0 heterocycles. The van der Waals surface area contributed by atoms with E-state index < -0.39 is 0 Å². The van der Waals surface area contributed by atoms with Crippen LogP contribution >= 0.6 is 15.9 Å². The Balaban J connectivity index is 1.78. The van der Waals surface area contributed by atoms with E-state index in [0.29, 0.717) is 0 Å². The molecule has 0 aromatic heterocycles. The molecule has 0 bridgehead atoms. The van der Waals surface area contributed by atoms with Gasteiger partial charge in [0.25, 0.3) is 5.91 Å². The topological polar surface area (TPSA) is 20.3 Å². The summed E-state index contributed by atoms with van der Waals surface area (Å²) in [6.45, 7) is 3.95. The van der Waals surface area contributed by atoms with Crippen LogP contribution in [0.2, 0.25) is 0 Å². The first kappa shape index (κ1) is 13.2. The van der Waals surface area contributed by atoms with Crippen molar-refractivity contribution in [3.8, 4) is 0 Å². The highest BCUT2D eigenvalue weighted by atomic mass is 79.9. The normalized spacial score (nSPS) is 18.4. The Hall–Kier alpha value is -0.830. The van der Waals surface area contributed by atoms with Crippen LogP contribution in [0.3, 0.4) is 0 Å². The third-order valence-electron chi connectivity index (χ3n) is 3.99. The summed E-state index contributed by atoms with van der Waals surface area (Å²) < 4.78 is 0.916. The van der Waals surface area contributed by atoms with Crippen molar-refractivity contribution in [2.45, 2.75) is 32.6 Å². The van der Waals surface area contributed by atoms with Gasteiger partial charge in [0, 0.05) is 17.6 Å². The van der Waals surface area contributed by atoms with E-state index in [9.17, 15) is 4.79 Å². The van der Waals surface area contributed by atoms with Crippen molar-refractivity contribution >= 4 is 21.8 Å². The van der Waals surface area contributed by atoms with Crippen LogP contribution in [-0.2, 0) is 0 Å². The summed E-state index contributed by atoms with van der Waals surface area (Å²) in [6, 6.07) is 6.02. The lowest BCUT2D eigenvalue weighted by molar-refractivity contribution is 0.0738. The van der Waals surface area contributed by atoms with E-state index in [-0.39, 0.29) is 5.91 Å². The Labute approximate surface area is 123 Å². The number of amides is 1. The minimum Gasteiger partial charge on any atom is -0.338 e. The van der Waals surface area contributed by atoms with E-state index in [4.69, 9.17) is 0 Å². The first-order valence-corrected chi connectivity index (χ1v) is 7.98. The maximum Gasteiger partial charge on any atom is 0.255 e. The lowest BCUT2D eigenvalue weighted by atomic mass is 10.1. The molecule has 0 N–H and O–H groups in total. The van der Waals surface area contributed by atoms with Crippen LogP contribution in [0.15, 0.2) is 22.7 Å². The number of aryl methyl sites for hydroxylation is 1. The average Bonchev–Trinajstić information content (AvgIpc) is 3.25. The Kier molecular flexibility index (Phi) is 3.66. The Morgan fingerprint density at radius 3 is 2.32 bits per heavy atom. The standard InChI is InChI=1S/C16H20BrNO/c1-11-2-7-15(17)14(8-11)16(19)18(9-12-3-4-12)10-13-5-6-13/h2,7-8,12-13H,3-6,9-10H2,1H3. The minimum atomic E-state index is 0.203. The fourth-order valence-electron chi connectivity index (χ4n) is 2.44. The van der Waals surface area contributed by atoms with Crippen LogP contribution < -0.4 is 0 Å². The van der Waals surface area contributed by atoms with Gasteiger partial charge in [-0.15, -0.1) is 0 Å². The maximum atomic E-state index is 12.7. The Morgan fingerprint density at radius 1 is 1.21 bits per heavy atom. The summed E-state index contributed by atoms with van der Waals surface area (Å²) >= 11 is 3.52. The van der Waals surface area contributed by atoms with Crippen LogP contribution in [-0.4, -0.2) is 23.9 Å². The summed E-state index contributed by atoms with van der Waals surface area (Å²) in [4.78, 5) is 14.8. The predicted molar refractivity (Wildman–Crippen MR) is 80.2 cm³/mol. The van der Waals surface area contributed by atoms with Gasteiger partial charge in [0.05, 0.1) is 5.56 Å². The highest BCUT2D eigenvalue weighted by Crippen LogP contribution is 2.34. The molecular weight excluding hydrogens is 302 g/mol. The number of halogens is 1. The van der Waals surface area contributed by atoms with Gasteiger partial charge in [0.1, 0.15) is 0 Å². The van der Waals surface area contributed by atoms with E-state index >= 15 is 0 Å². The lowest BCUT2D eigenvalue weighted by Gasteiger charge is -2.23. The van der Waals surface area contributed by atoms with E-state index in [0.717, 1.165) is 40.5 Å². The number of benzene rings is 1. The SMILES string of the molecule is Cc1ccc(Br)c(C(=O)N(CC2CC2)CC2CC2)c1. The molecule has 0 spiro atoms.